The van der Waals surface area contributed by atoms with Crippen LogP contribution in [0, 0.1) is 5.92 Å². The highest BCUT2D eigenvalue weighted by Gasteiger charge is 2.29. The normalized spacial score (nSPS) is 25.6. The Morgan fingerprint density at radius 3 is 2.57 bits per heavy atom. The Morgan fingerprint density at radius 2 is 2.14 bits per heavy atom. The van der Waals surface area contributed by atoms with Crippen molar-refractivity contribution in [3.63, 3.8) is 0 Å². The molecule has 0 spiro atoms. The summed E-state index contributed by atoms with van der Waals surface area (Å²) >= 11 is 2.44. The predicted octanol–water partition coefficient (Wildman–Crippen LogP) is 3.49. The lowest BCUT2D eigenvalue weighted by Crippen LogP contribution is -2.50. The van der Waals surface area contributed by atoms with Gasteiger partial charge in [0, 0.05) is 16.5 Å². The first-order valence-electron chi connectivity index (χ1n) is 5.66. The van der Waals surface area contributed by atoms with E-state index in [9.17, 15) is 0 Å². The highest BCUT2D eigenvalue weighted by Crippen LogP contribution is 2.24. The first-order chi connectivity index (χ1) is 6.61. The number of hydrogen-bond acceptors (Lipinski definition) is 1. The summed E-state index contributed by atoms with van der Waals surface area (Å²) in [6.45, 7) is 9.45. The highest BCUT2D eigenvalue weighted by molar-refractivity contribution is 14.1. The van der Waals surface area contributed by atoms with Crippen molar-refractivity contribution in [1.82, 2.24) is 4.90 Å². The molecule has 0 N–H and O–H groups in total. The summed E-state index contributed by atoms with van der Waals surface area (Å²) in [5, 5.41) is 0. The Kier molecular flexibility index (Phi) is 5.45. The van der Waals surface area contributed by atoms with Gasteiger partial charge in [0.05, 0.1) is 0 Å². The van der Waals surface area contributed by atoms with Crippen LogP contribution in [-0.2, 0) is 0 Å². The van der Waals surface area contributed by atoms with Gasteiger partial charge in [-0.2, -0.15) is 0 Å². The summed E-state index contributed by atoms with van der Waals surface area (Å²) in [4.78, 5) is 2.62. The lowest BCUT2D eigenvalue weighted by molar-refractivity contribution is 0.0583. The fourth-order valence-corrected chi connectivity index (χ4v) is 2.31. The number of alkyl halides is 1. The van der Waals surface area contributed by atoms with Crippen LogP contribution < -0.4 is 0 Å². The number of nitrogens with zero attached hydrogens (tertiary/aromatic N) is 1. The minimum Gasteiger partial charge on any atom is -0.300 e. The third-order valence-electron chi connectivity index (χ3n) is 2.93. The molecule has 0 aromatic carbocycles. The summed E-state index contributed by atoms with van der Waals surface area (Å²) in [6.07, 6.45) is 7.25. The van der Waals surface area contributed by atoms with E-state index in [0.29, 0.717) is 3.92 Å². The Hall–Kier alpha value is 0.430. The van der Waals surface area contributed by atoms with Crippen molar-refractivity contribution in [2.45, 2.75) is 43.6 Å². The molecule has 0 aromatic heterocycles. The molecule has 2 heteroatoms. The fourth-order valence-electron chi connectivity index (χ4n) is 2.02. The van der Waals surface area contributed by atoms with Crippen LogP contribution in [0.2, 0.25) is 0 Å². The van der Waals surface area contributed by atoms with E-state index in [0.717, 1.165) is 12.0 Å². The lowest BCUT2D eigenvalue weighted by Gasteiger charge is -2.43. The van der Waals surface area contributed by atoms with Gasteiger partial charge in [-0.15, -0.1) is 0 Å². The van der Waals surface area contributed by atoms with Crippen molar-refractivity contribution >= 4 is 22.6 Å². The quantitative estimate of drug-likeness (QED) is 0.427. The molecule has 0 aromatic rings. The summed E-state index contributed by atoms with van der Waals surface area (Å²) in [5.74, 6) is 0.830. The summed E-state index contributed by atoms with van der Waals surface area (Å²) in [5.41, 5.74) is 0. The molecule has 82 valence electrons. The Bertz CT molecular complexity index is 187. The zero-order valence-corrected chi connectivity index (χ0v) is 11.7. The van der Waals surface area contributed by atoms with Crippen molar-refractivity contribution in [2.75, 3.05) is 13.1 Å². The van der Waals surface area contributed by atoms with Gasteiger partial charge in [-0.25, -0.2) is 0 Å². The summed E-state index contributed by atoms with van der Waals surface area (Å²) in [7, 11) is 0. The van der Waals surface area contributed by atoms with Gasteiger partial charge in [-0.1, -0.05) is 48.6 Å². The van der Waals surface area contributed by atoms with E-state index in [-0.39, 0.29) is 0 Å². The topological polar surface area (TPSA) is 3.24 Å². The molecule has 0 radical (unpaired) electrons. The first kappa shape index (κ1) is 12.5. The van der Waals surface area contributed by atoms with Gasteiger partial charge in [-0.05, 0) is 32.2 Å². The van der Waals surface area contributed by atoms with E-state index in [1.807, 2.05) is 0 Å². The molecule has 1 unspecified atom stereocenters. The van der Waals surface area contributed by atoms with Gasteiger partial charge in [0.25, 0.3) is 0 Å². The van der Waals surface area contributed by atoms with E-state index >= 15 is 0 Å². The zero-order chi connectivity index (χ0) is 10.6. The fraction of sp³-hybridized carbons (Fsp3) is 0.833. The van der Waals surface area contributed by atoms with Crippen molar-refractivity contribution in [3.05, 3.63) is 12.2 Å². The largest absolute Gasteiger partial charge is 0.300 e. The number of allylic oxidation sites excluding steroid dienone is 1. The molecule has 2 atom stereocenters. The maximum atomic E-state index is 2.62. The van der Waals surface area contributed by atoms with Gasteiger partial charge in [0.1, 0.15) is 0 Å². The smallest absolute Gasteiger partial charge is 0.0261 e. The van der Waals surface area contributed by atoms with Crippen LogP contribution in [0.5, 0.6) is 0 Å². The zero-order valence-electron chi connectivity index (χ0n) is 9.54. The molecule has 14 heavy (non-hydrogen) atoms. The van der Waals surface area contributed by atoms with Crippen molar-refractivity contribution < 1.29 is 0 Å². The second-order valence-electron chi connectivity index (χ2n) is 4.53. The lowest BCUT2D eigenvalue weighted by atomic mass is 9.92. The molecule has 1 aliphatic rings. The maximum Gasteiger partial charge on any atom is 0.0261 e. The van der Waals surface area contributed by atoms with Crippen LogP contribution in [0.4, 0.5) is 0 Å². The van der Waals surface area contributed by atoms with E-state index in [4.69, 9.17) is 0 Å². The molecule has 1 nitrogen and oxygen atoms in total. The highest BCUT2D eigenvalue weighted by atomic mass is 127. The van der Waals surface area contributed by atoms with Crippen LogP contribution in [0.3, 0.4) is 0 Å². The Balaban J connectivity index is 2.13. The third-order valence-corrected chi connectivity index (χ3v) is 3.35. The second kappa shape index (κ2) is 6.11. The van der Waals surface area contributed by atoms with E-state index in [1.165, 1.54) is 25.9 Å². The van der Waals surface area contributed by atoms with Crippen molar-refractivity contribution in [3.8, 4) is 0 Å². The molecule has 1 aliphatic heterocycles. The minimum atomic E-state index is 0.671. The second-order valence-corrected chi connectivity index (χ2v) is 6.50. The molecule has 1 rings (SSSR count). The van der Waals surface area contributed by atoms with Crippen molar-refractivity contribution in [2.24, 2.45) is 5.92 Å². The summed E-state index contributed by atoms with van der Waals surface area (Å²) < 4.78 is 0.671. The van der Waals surface area contributed by atoms with Gasteiger partial charge in [0.15, 0.2) is 0 Å². The van der Waals surface area contributed by atoms with E-state index < -0.39 is 0 Å². The first-order valence-corrected chi connectivity index (χ1v) is 6.90. The van der Waals surface area contributed by atoms with Gasteiger partial charge >= 0.3 is 0 Å². The number of halogens is 1. The standard InChI is InChI=1S/C12H22IN/c1-10(2)12-7-9-14(12)8-5-4-6-11(3)13/h4,6,10-12H,5,7-9H2,1-3H3/b6-4+/t11?,12-/m1/s1. The van der Waals surface area contributed by atoms with Crippen LogP contribution in [0.1, 0.15) is 33.6 Å². The molecule has 1 saturated heterocycles. The maximum absolute atomic E-state index is 2.62. The average molecular weight is 307 g/mol. The van der Waals surface area contributed by atoms with Gasteiger partial charge in [-0.3, -0.25) is 4.90 Å². The Morgan fingerprint density at radius 1 is 1.43 bits per heavy atom. The van der Waals surface area contributed by atoms with Crippen LogP contribution in [-0.4, -0.2) is 28.0 Å². The molecule has 0 bridgehead atoms. The third kappa shape index (κ3) is 3.89. The SMILES string of the molecule is CC(I)/C=C/CCN1CC[C@@H]1C(C)C. The molecule has 0 amide bonds. The summed E-state index contributed by atoms with van der Waals surface area (Å²) in [6, 6.07) is 0.862. The molecule has 1 heterocycles. The number of likely N-dealkylation sites (tertiary alicyclic amines) is 1. The van der Waals surface area contributed by atoms with Crippen LogP contribution in [0.25, 0.3) is 0 Å². The molecule has 1 fully saturated rings. The predicted molar refractivity (Wildman–Crippen MR) is 72.1 cm³/mol. The minimum absolute atomic E-state index is 0.671. The average Bonchev–Trinajstić information content (AvgIpc) is 1.99. The molecular weight excluding hydrogens is 285 g/mol. The van der Waals surface area contributed by atoms with E-state index in [1.54, 1.807) is 0 Å². The number of hydrogen-bond donors (Lipinski definition) is 0. The van der Waals surface area contributed by atoms with Crippen LogP contribution in [0.15, 0.2) is 12.2 Å². The monoisotopic (exact) mass is 307 g/mol. The molecule has 0 saturated carbocycles. The van der Waals surface area contributed by atoms with E-state index in [2.05, 4.69) is 60.4 Å². The van der Waals surface area contributed by atoms with Crippen molar-refractivity contribution in [1.29, 1.82) is 0 Å². The Labute approximate surface area is 102 Å². The number of rotatable bonds is 5. The molecule has 0 aliphatic carbocycles. The van der Waals surface area contributed by atoms with Gasteiger partial charge in [0.2, 0.25) is 0 Å². The molecular formula is C12H22IN. The van der Waals surface area contributed by atoms with Crippen LogP contribution >= 0.6 is 22.6 Å². The van der Waals surface area contributed by atoms with Gasteiger partial charge < -0.3 is 0 Å².